The van der Waals surface area contributed by atoms with Crippen molar-refractivity contribution in [3.05, 3.63) is 0 Å². The molecule has 0 heterocycles. The van der Waals surface area contributed by atoms with Crippen LogP contribution in [0.1, 0.15) is 105 Å². The summed E-state index contributed by atoms with van der Waals surface area (Å²) in [7, 11) is -0.621. The molecular formula is C21H43O2P. The van der Waals surface area contributed by atoms with Crippen LogP contribution in [0.3, 0.4) is 0 Å². The first kappa shape index (κ1) is 23.9. The van der Waals surface area contributed by atoms with Gasteiger partial charge in [-0.25, -0.2) is 0 Å². The van der Waals surface area contributed by atoms with E-state index >= 15 is 0 Å². The van der Waals surface area contributed by atoms with Gasteiger partial charge in [0.2, 0.25) is 0 Å². The molecule has 0 aromatic heterocycles. The van der Waals surface area contributed by atoms with Crippen LogP contribution in [0.2, 0.25) is 0 Å². The molecule has 144 valence electrons. The maximum Gasteiger partial charge on any atom is 0.0697 e. The van der Waals surface area contributed by atoms with Gasteiger partial charge in [-0.05, 0) is 51.4 Å². The van der Waals surface area contributed by atoms with E-state index in [-0.39, 0.29) is 6.42 Å². The maximum absolute atomic E-state index is 9.26. The predicted molar refractivity (Wildman–Crippen MR) is 108 cm³/mol. The SMILES string of the molecule is CCC(=O)[O-].CCCC[P+](CCCC)(CCCC)C1CCCCC1. The highest BCUT2D eigenvalue weighted by Crippen LogP contribution is 2.67. The van der Waals surface area contributed by atoms with Crippen LogP contribution in [0.15, 0.2) is 0 Å². The Bertz CT molecular complexity index is 276. The van der Waals surface area contributed by atoms with E-state index in [9.17, 15) is 9.90 Å². The second-order valence-electron chi connectivity index (χ2n) is 7.47. The number of carbonyl (C=O) groups excluding carboxylic acids is 1. The predicted octanol–water partition coefficient (Wildman–Crippen LogP) is 5.88. The highest BCUT2D eigenvalue weighted by Gasteiger charge is 2.43. The first-order valence-electron chi connectivity index (χ1n) is 10.6. The second-order valence-corrected chi connectivity index (χ2v) is 12.0. The van der Waals surface area contributed by atoms with Gasteiger partial charge in [-0.3, -0.25) is 0 Å². The lowest BCUT2D eigenvalue weighted by molar-refractivity contribution is -0.305. The Kier molecular flexibility index (Phi) is 15.1. The number of carboxylic acid groups (broad SMARTS) is 1. The number of rotatable bonds is 11. The number of hydrogen-bond acceptors (Lipinski definition) is 2. The summed E-state index contributed by atoms with van der Waals surface area (Å²) in [5, 5.41) is 9.26. The number of hydrogen-bond donors (Lipinski definition) is 0. The normalized spacial score (nSPS) is 15.7. The molecule has 0 unspecified atom stereocenters. The molecule has 0 saturated heterocycles. The molecule has 0 aromatic rings. The van der Waals surface area contributed by atoms with Crippen LogP contribution in [0.4, 0.5) is 0 Å². The summed E-state index contributed by atoms with van der Waals surface area (Å²) in [6.45, 7) is 8.69. The largest absolute Gasteiger partial charge is 0.550 e. The maximum atomic E-state index is 9.26. The van der Waals surface area contributed by atoms with E-state index in [1.54, 1.807) is 31.3 Å². The third kappa shape index (κ3) is 10.0. The molecule has 1 aliphatic rings. The number of unbranched alkanes of at least 4 members (excludes halogenated alkanes) is 3. The number of carboxylic acids is 1. The molecule has 0 bridgehead atoms. The van der Waals surface area contributed by atoms with Crippen molar-refractivity contribution in [2.75, 3.05) is 18.5 Å². The molecule has 3 heteroatoms. The van der Waals surface area contributed by atoms with E-state index in [0.717, 1.165) is 0 Å². The van der Waals surface area contributed by atoms with Crippen molar-refractivity contribution in [3.8, 4) is 0 Å². The van der Waals surface area contributed by atoms with Gasteiger partial charge >= 0.3 is 0 Å². The number of aliphatic carboxylic acids is 1. The summed E-state index contributed by atoms with van der Waals surface area (Å²) in [4.78, 5) is 9.26. The summed E-state index contributed by atoms with van der Waals surface area (Å²) < 4.78 is 0. The summed E-state index contributed by atoms with van der Waals surface area (Å²) in [5.41, 5.74) is 1.17. The lowest BCUT2D eigenvalue weighted by Crippen LogP contribution is -2.24. The van der Waals surface area contributed by atoms with E-state index in [1.165, 1.54) is 70.4 Å². The molecular weight excluding hydrogens is 315 g/mol. The number of carbonyl (C=O) groups is 1. The van der Waals surface area contributed by atoms with Gasteiger partial charge in [-0.2, -0.15) is 0 Å². The van der Waals surface area contributed by atoms with Gasteiger partial charge in [-0.15, -0.1) is 0 Å². The third-order valence-electron chi connectivity index (χ3n) is 5.51. The minimum atomic E-state index is -0.995. The van der Waals surface area contributed by atoms with Gasteiger partial charge in [0, 0.05) is 13.2 Å². The van der Waals surface area contributed by atoms with Gasteiger partial charge in [0.15, 0.2) is 0 Å². The van der Waals surface area contributed by atoms with Crippen LogP contribution in [0.25, 0.3) is 0 Å². The van der Waals surface area contributed by atoms with Crippen LogP contribution < -0.4 is 5.11 Å². The van der Waals surface area contributed by atoms with Gasteiger partial charge in [0.05, 0.1) is 24.1 Å². The minimum absolute atomic E-state index is 0.111. The Morgan fingerprint density at radius 2 is 1.21 bits per heavy atom. The van der Waals surface area contributed by atoms with Gasteiger partial charge in [-0.1, -0.05) is 53.4 Å². The third-order valence-corrected chi connectivity index (χ3v) is 11.2. The standard InChI is InChI=1S/C18H38P.C3H6O2/c1-4-7-15-19(16-8-5-2,17-9-6-3)18-13-11-10-12-14-18;1-2-3(4)5/h18H,4-17H2,1-3H3;2H2,1H3,(H,4,5)/q+1;/p-1. The lowest BCUT2D eigenvalue weighted by Gasteiger charge is -2.37. The molecule has 1 fully saturated rings. The molecule has 0 aromatic carbocycles. The zero-order valence-electron chi connectivity index (χ0n) is 16.9. The van der Waals surface area contributed by atoms with E-state index in [0.29, 0.717) is 0 Å². The van der Waals surface area contributed by atoms with Crippen LogP contribution >= 0.6 is 7.26 Å². The fraction of sp³-hybridized carbons (Fsp3) is 0.952. The van der Waals surface area contributed by atoms with E-state index in [4.69, 9.17) is 0 Å². The van der Waals surface area contributed by atoms with Crippen molar-refractivity contribution in [2.24, 2.45) is 0 Å². The summed E-state index contributed by atoms with van der Waals surface area (Å²) in [6, 6.07) is 0. The zero-order chi connectivity index (χ0) is 18.3. The molecule has 1 aliphatic carbocycles. The molecule has 0 radical (unpaired) electrons. The summed E-state index contributed by atoms with van der Waals surface area (Å²) in [5.74, 6) is -0.995. The minimum Gasteiger partial charge on any atom is -0.550 e. The van der Waals surface area contributed by atoms with E-state index in [2.05, 4.69) is 20.8 Å². The van der Waals surface area contributed by atoms with Crippen molar-refractivity contribution >= 4 is 13.2 Å². The molecule has 24 heavy (non-hydrogen) atoms. The smallest absolute Gasteiger partial charge is 0.0697 e. The van der Waals surface area contributed by atoms with E-state index in [1.807, 2.05) is 0 Å². The molecule has 2 nitrogen and oxygen atoms in total. The second kappa shape index (κ2) is 15.2. The fourth-order valence-electron chi connectivity index (χ4n) is 3.93. The topological polar surface area (TPSA) is 40.1 Å². The lowest BCUT2D eigenvalue weighted by atomic mass is 10.0. The van der Waals surface area contributed by atoms with Gasteiger partial charge in [0.1, 0.15) is 0 Å². The Labute approximate surface area is 152 Å². The van der Waals surface area contributed by atoms with Gasteiger partial charge in [0.25, 0.3) is 0 Å². The van der Waals surface area contributed by atoms with Crippen molar-refractivity contribution in [1.29, 1.82) is 0 Å². The molecule has 0 aliphatic heterocycles. The molecule has 0 atom stereocenters. The molecule has 0 N–H and O–H groups in total. The van der Waals surface area contributed by atoms with Crippen molar-refractivity contribution in [3.63, 3.8) is 0 Å². The highest BCUT2D eigenvalue weighted by atomic mass is 31.2. The van der Waals surface area contributed by atoms with Crippen LogP contribution in [-0.2, 0) is 4.79 Å². The Hall–Kier alpha value is -0.100. The van der Waals surface area contributed by atoms with Crippen molar-refractivity contribution in [1.82, 2.24) is 0 Å². The van der Waals surface area contributed by atoms with E-state index < -0.39 is 13.2 Å². The quantitative estimate of drug-likeness (QED) is 0.432. The molecule has 1 saturated carbocycles. The fourth-order valence-corrected chi connectivity index (χ4v) is 10.00. The molecule has 1 rings (SSSR count). The molecule has 0 spiro atoms. The first-order chi connectivity index (χ1) is 11.6. The Morgan fingerprint density at radius 3 is 1.50 bits per heavy atom. The summed E-state index contributed by atoms with van der Waals surface area (Å²) >= 11 is 0. The average molecular weight is 359 g/mol. The Morgan fingerprint density at radius 1 is 0.833 bits per heavy atom. The van der Waals surface area contributed by atoms with Crippen LogP contribution in [0.5, 0.6) is 0 Å². The monoisotopic (exact) mass is 358 g/mol. The Balaban J connectivity index is 0.000000922. The van der Waals surface area contributed by atoms with Crippen molar-refractivity contribution < 1.29 is 9.90 Å². The van der Waals surface area contributed by atoms with Crippen LogP contribution in [-0.4, -0.2) is 30.1 Å². The average Bonchev–Trinajstić information content (AvgIpc) is 2.62. The first-order valence-corrected chi connectivity index (χ1v) is 13.0. The van der Waals surface area contributed by atoms with Gasteiger partial charge < -0.3 is 9.90 Å². The molecule has 0 amide bonds. The van der Waals surface area contributed by atoms with Crippen LogP contribution in [0, 0.1) is 0 Å². The highest BCUT2D eigenvalue weighted by molar-refractivity contribution is 7.76. The van der Waals surface area contributed by atoms with Crippen molar-refractivity contribution in [2.45, 2.75) is 110 Å². The zero-order valence-corrected chi connectivity index (χ0v) is 17.8. The summed E-state index contributed by atoms with van der Waals surface area (Å²) in [6.07, 6.45) is 21.5.